The molecular weight excluding hydrogens is 250 g/mol. The standard InChI is InChI=1S/C16H27N3O/c1-3-14(17)16(15-8-4-5-9-18-15)19(2)11-13-7-6-10-20-12-13/h4-5,8-9,13-14,16H,3,6-7,10-12,17H2,1-2H3. The van der Waals surface area contributed by atoms with Crippen molar-refractivity contribution < 1.29 is 4.74 Å². The maximum atomic E-state index is 6.34. The summed E-state index contributed by atoms with van der Waals surface area (Å²) in [6.07, 6.45) is 5.22. The van der Waals surface area contributed by atoms with Crippen LogP contribution in [0.2, 0.25) is 0 Å². The zero-order valence-electron chi connectivity index (χ0n) is 12.7. The average molecular weight is 277 g/mol. The van der Waals surface area contributed by atoms with Crippen molar-refractivity contribution in [1.82, 2.24) is 9.88 Å². The van der Waals surface area contributed by atoms with Crippen LogP contribution in [-0.4, -0.2) is 42.7 Å². The van der Waals surface area contributed by atoms with Crippen LogP contribution >= 0.6 is 0 Å². The first kappa shape index (κ1) is 15.4. The Morgan fingerprint density at radius 3 is 2.95 bits per heavy atom. The van der Waals surface area contributed by atoms with Gasteiger partial charge in [-0.1, -0.05) is 13.0 Å². The van der Waals surface area contributed by atoms with E-state index in [1.165, 1.54) is 12.8 Å². The molecule has 1 aliphatic heterocycles. The quantitative estimate of drug-likeness (QED) is 0.866. The van der Waals surface area contributed by atoms with Crippen molar-refractivity contribution in [3.05, 3.63) is 30.1 Å². The maximum absolute atomic E-state index is 6.34. The summed E-state index contributed by atoms with van der Waals surface area (Å²) in [6, 6.07) is 6.36. The topological polar surface area (TPSA) is 51.4 Å². The smallest absolute Gasteiger partial charge is 0.0671 e. The lowest BCUT2D eigenvalue weighted by Gasteiger charge is -2.35. The number of hydrogen-bond donors (Lipinski definition) is 1. The Balaban J connectivity index is 2.05. The van der Waals surface area contributed by atoms with Gasteiger partial charge in [0, 0.05) is 25.4 Å². The summed E-state index contributed by atoms with van der Waals surface area (Å²) < 4.78 is 5.58. The molecule has 4 heteroatoms. The molecule has 0 aliphatic carbocycles. The Hall–Kier alpha value is -0.970. The average Bonchev–Trinajstić information content (AvgIpc) is 2.49. The predicted octanol–water partition coefficient (Wildman–Crippen LogP) is 2.22. The highest BCUT2D eigenvalue weighted by molar-refractivity contribution is 5.11. The second kappa shape index (κ2) is 7.72. The van der Waals surface area contributed by atoms with Crippen molar-refractivity contribution >= 4 is 0 Å². The number of nitrogens with two attached hydrogens (primary N) is 1. The molecule has 3 atom stereocenters. The minimum atomic E-state index is 0.111. The molecule has 0 aromatic carbocycles. The van der Waals surface area contributed by atoms with Gasteiger partial charge in [0.2, 0.25) is 0 Å². The molecule has 1 saturated heterocycles. The lowest BCUT2D eigenvalue weighted by atomic mass is 9.97. The van der Waals surface area contributed by atoms with E-state index in [1.807, 2.05) is 18.3 Å². The number of likely N-dealkylation sites (N-methyl/N-ethyl adjacent to an activating group) is 1. The molecule has 112 valence electrons. The molecule has 20 heavy (non-hydrogen) atoms. The Morgan fingerprint density at radius 1 is 1.50 bits per heavy atom. The highest BCUT2D eigenvalue weighted by atomic mass is 16.5. The minimum Gasteiger partial charge on any atom is -0.381 e. The number of rotatable bonds is 6. The van der Waals surface area contributed by atoms with E-state index in [0.29, 0.717) is 5.92 Å². The van der Waals surface area contributed by atoms with Crippen molar-refractivity contribution in [2.45, 2.75) is 38.3 Å². The maximum Gasteiger partial charge on any atom is 0.0671 e. The van der Waals surface area contributed by atoms with Crippen LogP contribution in [0.1, 0.15) is 37.9 Å². The fourth-order valence-electron chi connectivity index (χ4n) is 3.02. The molecule has 3 unspecified atom stereocenters. The van der Waals surface area contributed by atoms with Crippen LogP contribution in [-0.2, 0) is 4.74 Å². The zero-order chi connectivity index (χ0) is 14.4. The van der Waals surface area contributed by atoms with Crippen LogP contribution in [0.5, 0.6) is 0 Å². The lowest BCUT2D eigenvalue weighted by molar-refractivity contribution is 0.0334. The van der Waals surface area contributed by atoms with Gasteiger partial charge in [0.05, 0.1) is 18.3 Å². The van der Waals surface area contributed by atoms with E-state index >= 15 is 0 Å². The van der Waals surface area contributed by atoms with Crippen molar-refractivity contribution in [2.24, 2.45) is 11.7 Å². The Kier molecular flexibility index (Phi) is 5.95. The van der Waals surface area contributed by atoms with Gasteiger partial charge in [-0.2, -0.15) is 0 Å². The highest BCUT2D eigenvalue weighted by Crippen LogP contribution is 2.25. The van der Waals surface area contributed by atoms with Gasteiger partial charge in [0.1, 0.15) is 0 Å². The summed E-state index contributed by atoms with van der Waals surface area (Å²) in [5, 5.41) is 0. The van der Waals surface area contributed by atoms with E-state index in [0.717, 1.165) is 31.9 Å². The fourth-order valence-corrected chi connectivity index (χ4v) is 3.02. The van der Waals surface area contributed by atoms with Crippen molar-refractivity contribution in [3.63, 3.8) is 0 Å². The second-order valence-corrected chi connectivity index (χ2v) is 5.79. The first-order valence-corrected chi connectivity index (χ1v) is 7.66. The summed E-state index contributed by atoms with van der Waals surface area (Å²) in [4.78, 5) is 6.87. The third kappa shape index (κ3) is 4.01. The van der Waals surface area contributed by atoms with E-state index in [1.54, 1.807) is 0 Å². The SMILES string of the molecule is CCC(N)C(c1ccccn1)N(C)CC1CCCOC1. The Morgan fingerprint density at radius 2 is 2.35 bits per heavy atom. The first-order chi connectivity index (χ1) is 9.72. The molecule has 0 saturated carbocycles. The summed E-state index contributed by atoms with van der Waals surface area (Å²) in [5.41, 5.74) is 7.41. The molecule has 0 radical (unpaired) electrons. The Labute approximate surface area is 122 Å². The third-order valence-electron chi connectivity index (χ3n) is 4.14. The fraction of sp³-hybridized carbons (Fsp3) is 0.688. The number of ether oxygens (including phenoxy) is 1. The number of nitrogens with zero attached hydrogens (tertiary/aromatic N) is 2. The minimum absolute atomic E-state index is 0.111. The molecule has 0 bridgehead atoms. The Bertz CT molecular complexity index is 379. The molecule has 0 amide bonds. The van der Waals surface area contributed by atoms with Gasteiger partial charge < -0.3 is 10.5 Å². The van der Waals surface area contributed by atoms with Crippen molar-refractivity contribution in [2.75, 3.05) is 26.8 Å². The van der Waals surface area contributed by atoms with Crippen molar-refractivity contribution in [1.29, 1.82) is 0 Å². The number of aromatic nitrogens is 1. The van der Waals surface area contributed by atoms with Gasteiger partial charge >= 0.3 is 0 Å². The molecule has 2 rings (SSSR count). The summed E-state index contributed by atoms with van der Waals surface area (Å²) in [5.74, 6) is 0.615. The molecule has 0 spiro atoms. The molecule has 2 heterocycles. The van der Waals surface area contributed by atoms with Gasteiger partial charge in [-0.3, -0.25) is 9.88 Å². The third-order valence-corrected chi connectivity index (χ3v) is 4.14. The highest BCUT2D eigenvalue weighted by Gasteiger charge is 2.26. The van der Waals surface area contributed by atoms with Crippen LogP contribution in [0.15, 0.2) is 24.4 Å². The lowest BCUT2D eigenvalue weighted by Crippen LogP contribution is -2.42. The van der Waals surface area contributed by atoms with Crippen LogP contribution in [0.3, 0.4) is 0 Å². The van der Waals surface area contributed by atoms with Gasteiger partial charge in [0.25, 0.3) is 0 Å². The molecular formula is C16H27N3O. The normalized spacial score (nSPS) is 22.7. The number of pyridine rings is 1. The number of hydrogen-bond acceptors (Lipinski definition) is 4. The van der Waals surface area contributed by atoms with E-state index < -0.39 is 0 Å². The van der Waals surface area contributed by atoms with Gasteiger partial charge in [-0.15, -0.1) is 0 Å². The van der Waals surface area contributed by atoms with E-state index in [4.69, 9.17) is 10.5 Å². The second-order valence-electron chi connectivity index (χ2n) is 5.79. The predicted molar refractivity (Wildman–Crippen MR) is 81.4 cm³/mol. The van der Waals surface area contributed by atoms with Crippen LogP contribution in [0.4, 0.5) is 0 Å². The molecule has 2 N–H and O–H groups in total. The summed E-state index contributed by atoms with van der Waals surface area (Å²) >= 11 is 0. The summed E-state index contributed by atoms with van der Waals surface area (Å²) in [6.45, 7) is 4.95. The van der Waals surface area contributed by atoms with Crippen LogP contribution in [0.25, 0.3) is 0 Å². The van der Waals surface area contributed by atoms with E-state index in [9.17, 15) is 0 Å². The first-order valence-electron chi connectivity index (χ1n) is 7.66. The van der Waals surface area contributed by atoms with E-state index in [2.05, 4.69) is 29.9 Å². The molecule has 1 fully saturated rings. The molecule has 1 aliphatic rings. The molecule has 1 aromatic rings. The summed E-state index contributed by atoms with van der Waals surface area (Å²) in [7, 11) is 2.16. The molecule has 4 nitrogen and oxygen atoms in total. The van der Waals surface area contributed by atoms with Crippen molar-refractivity contribution in [3.8, 4) is 0 Å². The zero-order valence-corrected chi connectivity index (χ0v) is 12.7. The monoisotopic (exact) mass is 277 g/mol. The van der Waals surface area contributed by atoms with Gasteiger partial charge in [-0.25, -0.2) is 0 Å². The largest absolute Gasteiger partial charge is 0.381 e. The molecule has 1 aromatic heterocycles. The van der Waals surface area contributed by atoms with E-state index in [-0.39, 0.29) is 12.1 Å². The van der Waals surface area contributed by atoms with Crippen LogP contribution in [0, 0.1) is 5.92 Å². The van der Waals surface area contributed by atoms with Crippen LogP contribution < -0.4 is 5.73 Å². The van der Waals surface area contributed by atoms with Gasteiger partial charge in [0.15, 0.2) is 0 Å². The van der Waals surface area contributed by atoms with Gasteiger partial charge in [-0.05, 0) is 44.4 Å².